The van der Waals surface area contributed by atoms with E-state index in [1.807, 2.05) is 0 Å². The Morgan fingerprint density at radius 2 is 1.82 bits per heavy atom. The van der Waals surface area contributed by atoms with Crippen molar-refractivity contribution in [2.24, 2.45) is 0 Å². The molecule has 1 aromatic rings. The second kappa shape index (κ2) is 5.59. The van der Waals surface area contributed by atoms with Gasteiger partial charge < -0.3 is 0 Å². The quantitative estimate of drug-likeness (QED) is 0.557. The predicted molar refractivity (Wildman–Crippen MR) is 58.3 cm³/mol. The van der Waals surface area contributed by atoms with Crippen LogP contribution in [0.5, 0.6) is 0 Å². The van der Waals surface area contributed by atoms with E-state index in [0.29, 0.717) is 3.74 Å². The van der Waals surface area contributed by atoms with Crippen molar-refractivity contribution in [2.45, 2.75) is 8.17 Å². The summed E-state index contributed by atoms with van der Waals surface area (Å²) in [5, 5.41) is 0. The second-order valence-electron chi connectivity index (χ2n) is 2.14. The van der Waals surface area contributed by atoms with E-state index in [1.54, 1.807) is 3.58 Å². The monoisotopic (exact) mass is 382 g/mol. The summed E-state index contributed by atoms with van der Waals surface area (Å²) in [6.45, 7) is 0. The fourth-order valence-corrected chi connectivity index (χ4v) is 5.26. The molecule has 0 aliphatic rings. The summed E-state index contributed by atoms with van der Waals surface area (Å²) in [6, 6.07) is 10.8. The first-order valence-corrected chi connectivity index (χ1v) is 8.64. The predicted octanol–water partition coefficient (Wildman–Crippen LogP) is 2.55. The summed E-state index contributed by atoms with van der Waals surface area (Å²) in [5.74, 6) is 0. The van der Waals surface area contributed by atoms with Crippen LogP contribution in [0.2, 0.25) is 4.44 Å². The van der Waals surface area contributed by atoms with Gasteiger partial charge in [0, 0.05) is 0 Å². The van der Waals surface area contributed by atoms with Gasteiger partial charge in [-0.2, -0.15) is 0 Å². The molecule has 0 nitrogen and oxygen atoms in total. The molecule has 2 radical (unpaired) electrons. The SMILES string of the molecule is BrC(Br)[CH2][Sn][c]1ccccc1. The Hall–Kier alpha value is 0.979. The minimum atomic E-state index is -0.317. The number of halogens is 2. The van der Waals surface area contributed by atoms with Crippen molar-refractivity contribution >= 4 is 56.6 Å². The Bertz CT molecular complexity index is 199. The molecule has 0 heterocycles. The van der Waals surface area contributed by atoms with Gasteiger partial charge in [-0.25, -0.2) is 0 Å². The van der Waals surface area contributed by atoms with Crippen LogP contribution < -0.4 is 3.58 Å². The number of hydrogen-bond donors (Lipinski definition) is 0. The van der Waals surface area contributed by atoms with Crippen molar-refractivity contribution < 1.29 is 0 Å². The van der Waals surface area contributed by atoms with Gasteiger partial charge in [-0.05, 0) is 0 Å². The summed E-state index contributed by atoms with van der Waals surface area (Å²) >= 11 is 6.67. The van der Waals surface area contributed by atoms with Crippen LogP contribution in [0.3, 0.4) is 0 Å². The van der Waals surface area contributed by atoms with Gasteiger partial charge in [0.1, 0.15) is 0 Å². The van der Waals surface area contributed by atoms with Gasteiger partial charge in [0.05, 0.1) is 0 Å². The summed E-state index contributed by atoms with van der Waals surface area (Å²) in [6.07, 6.45) is 0. The zero-order valence-corrected chi connectivity index (χ0v) is 12.0. The third kappa shape index (κ3) is 4.53. The third-order valence-electron chi connectivity index (χ3n) is 1.23. The van der Waals surface area contributed by atoms with Gasteiger partial charge in [-0.3, -0.25) is 0 Å². The van der Waals surface area contributed by atoms with Crippen LogP contribution in [0.25, 0.3) is 0 Å². The molecule has 0 fully saturated rings. The van der Waals surface area contributed by atoms with Crippen LogP contribution in [0, 0.1) is 0 Å². The minimum absolute atomic E-state index is 0.317. The van der Waals surface area contributed by atoms with E-state index in [2.05, 4.69) is 62.2 Å². The molecule has 0 saturated carbocycles. The van der Waals surface area contributed by atoms with Gasteiger partial charge in [0.25, 0.3) is 0 Å². The van der Waals surface area contributed by atoms with Crippen molar-refractivity contribution in [3.8, 4) is 0 Å². The topological polar surface area (TPSA) is 0 Å². The molecule has 0 atom stereocenters. The molecular formula is C8H8Br2Sn. The molecule has 0 saturated heterocycles. The molecule has 0 N–H and O–H groups in total. The fraction of sp³-hybridized carbons (Fsp3) is 0.250. The average Bonchev–Trinajstić information content (AvgIpc) is 2.03. The Kier molecular flexibility index (Phi) is 5.12. The Morgan fingerprint density at radius 3 is 2.36 bits per heavy atom. The van der Waals surface area contributed by atoms with Crippen molar-refractivity contribution in [3.63, 3.8) is 0 Å². The number of hydrogen-bond acceptors (Lipinski definition) is 0. The molecule has 0 aliphatic heterocycles. The van der Waals surface area contributed by atoms with Crippen LogP contribution in [-0.2, 0) is 0 Å². The van der Waals surface area contributed by atoms with E-state index >= 15 is 0 Å². The van der Waals surface area contributed by atoms with E-state index in [-0.39, 0.29) is 21.1 Å². The molecule has 0 aliphatic carbocycles. The number of alkyl halides is 2. The van der Waals surface area contributed by atoms with Crippen molar-refractivity contribution in [3.05, 3.63) is 30.3 Å². The zero-order chi connectivity index (χ0) is 8.10. The van der Waals surface area contributed by atoms with Crippen LogP contribution in [-0.4, -0.2) is 24.9 Å². The molecule has 0 bridgehead atoms. The molecule has 58 valence electrons. The van der Waals surface area contributed by atoms with Gasteiger partial charge in [0.2, 0.25) is 0 Å². The molecule has 1 aromatic carbocycles. The van der Waals surface area contributed by atoms with E-state index in [1.165, 1.54) is 4.44 Å². The first kappa shape index (κ1) is 10.1. The van der Waals surface area contributed by atoms with Crippen LogP contribution in [0.15, 0.2) is 30.3 Å². The maximum atomic E-state index is 3.49. The number of rotatable bonds is 3. The van der Waals surface area contributed by atoms with Gasteiger partial charge in [0.15, 0.2) is 0 Å². The average molecular weight is 383 g/mol. The molecule has 0 aromatic heterocycles. The Morgan fingerprint density at radius 1 is 1.18 bits per heavy atom. The van der Waals surface area contributed by atoms with Crippen LogP contribution >= 0.6 is 31.9 Å². The summed E-state index contributed by atoms with van der Waals surface area (Å²) in [4.78, 5) is 0. The van der Waals surface area contributed by atoms with Gasteiger partial charge in [-0.15, -0.1) is 0 Å². The molecule has 0 amide bonds. The third-order valence-corrected chi connectivity index (χ3v) is 9.16. The molecule has 3 heteroatoms. The molecule has 0 spiro atoms. The van der Waals surface area contributed by atoms with Crippen molar-refractivity contribution in [1.82, 2.24) is 0 Å². The second-order valence-corrected chi connectivity index (χ2v) is 9.40. The molecule has 11 heavy (non-hydrogen) atoms. The van der Waals surface area contributed by atoms with Crippen LogP contribution in [0.4, 0.5) is 0 Å². The van der Waals surface area contributed by atoms with E-state index in [9.17, 15) is 0 Å². The van der Waals surface area contributed by atoms with Crippen molar-refractivity contribution in [1.29, 1.82) is 0 Å². The Balaban J connectivity index is 2.39. The molecule has 0 unspecified atom stereocenters. The number of benzene rings is 1. The first-order chi connectivity index (χ1) is 5.29. The van der Waals surface area contributed by atoms with Crippen LogP contribution in [0.1, 0.15) is 0 Å². The molecular weight excluding hydrogens is 375 g/mol. The van der Waals surface area contributed by atoms with Gasteiger partial charge in [-0.1, -0.05) is 0 Å². The Labute approximate surface area is 94.2 Å². The van der Waals surface area contributed by atoms with E-state index < -0.39 is 0 Å². The van der Waals surface area contributed by atoms with E-state index in [4.69, 9.17) is 0 Å². The first-order valence-electron chi connectivity index (χ1n) is 3.36. The summed E-state index contributed by atoms with van der Waals surface area (Å²) < 4.78 is 3.38. The standard InChI is InChI=1S/C6H5.C2H3Br2.Sn/c1-2-4-6-5-3-1;1-2(3)4;/h1-5H;2H,1H2;. The maximum absolute atomic E-state index is 3.49. The van der Waals surface area contributed by atoms with Crippen molar-refractivity contribution in [2.75, 3.05) is 0 Å². The summed E-state index contributed by atoms with van der Waals surface area (Å²) in [5.41, 5.74) is 0. The normalized spacial score (nSPS) is 10.5. The fourth-order valence-electron chi connectivity index (χ4n) is 0.751. The zero-order valence-electron chi connectivity index (χ0n) is 5.93. The molecule has 1 rings (SSSR count). The summed E-state index contributed by atoms with van der Waals surface area (Å²) in [7, 11) is 0. The van der Waals surface area contributed by atoms with Gasteiger partial charge >= 0.3 is 95.1 Å². The van der Waals surface area contributed by atoms with E-state index in [0.717, 1.165) is 0 Å².